The van der Waals surface area contributed by atoms with Crippen molar-refractivity contribution in [3.05, 3.63) is 54.3 Å². The minimum atomic E-state index is -0.0769. The molecule has 0 saturated carbocycles. The molecule has 0 unspecified atom stereocenters. The molecule has 100 valence electrons. The number of aryl methyl sites for hydroxylation is 1. The van der Waals surface area contributed by atoms with Gasteiger partial charge < -0.3 is 4.90 Å². The van der Waals surface area contributed by atoms with Crippen molar-refractivity contribution in [2.75, 3.05) is 11.4 Å². The van der Waals surface area contributed by atoms with Crippen molar-refractivity contribution in [2.24, 2.45) is 5.41 Å². The number of nitrogens with zero attached hydrogens (tertiary/aromatic N) is 1. The van der Waals surface area contributed by atoms with Gasteiger partial charge in [-0.15, -0.1) is 0 Å². The maximum atomic E-state index is 12.0. The Balaban J connectivity index is 2.36. The van der Waals surface area contributed by atoms with Gasteiger partial charge in [0.2, 0.25) is 0 Å². The zero-order valence-corrected chi connectivity index (χ0v) is 11.9. The van der Waals surface area contributed by atoms with E-state index in [9.17, 15) is 4.79 Å². The van der Waals surface area contributed by atoms with E-state index in [2.05, 4.69) is 56.5 Å². The van der Waals surface area contributed by atoms with Gasteiger partial charge in [0.1, 0.15) is 0 Å². The summed E-state index contributed by atoms with van der Waals surface area (Å²) in [5.74, 6) is 0.0295. The SMILES string of the molecule is C=CC(=O)C1=CN(c2ccc(C)cc2)CCC1(C)C. The van der Waals surface area contributed by atoms with Gasteiger partial charge in [-0.1, -0.05) is 38.1 Å². The molecule has 1 aromatic carbocycles. The normalized spacial score (nSPS) is 17.8. The second-order valence-electron chi connectivity index (χ2n) is 5.77. The van der Waals surface area contributed by atoms with E-state index < -0.39 is 0 Å². The molecule has 0 atom stereocenters. The average Bonchev–Trinajstić information content (AvgIpc) is 2.39. The predicted octanol–water partition coefficient (Wildman–Crippen LogP) is 3.87. The van der Waals surface area contributed by atoms with Crippen LogP contribution in [-0.2, 0) is 4.79 Å². The average molecular weight is 255 g/mol. The third kappa shape index (κ3) is 2.78. The monoisotopic (exact) mass is 255 g/mol. The molecule has 2 rings (SSSR count). The molecule has 1 aliphatic heterocycles. The van der Waals surface area contributed by atoms with Crippen molar-refractivity contribution in [1.29, 1.82) is 0 Å². The molecule has 2 nitrogen and oxygen atoms in total. The highest BCUT2D eigenvalue weighted by atomic mass is 16.1. The highest BCUT2D eigenvalue weighted by Gasteiger charge is 2.31. The minimum absolute atomic E-state index is 0.0295. The lowest BCUT2D eigenvalue weighted by Gasteiger charge is -2.36. The summed E-state index contributed by atoms with van der Waals surface area (Å²) in [5, 5.41) is 0. The van der Waals surface area contributed by atoms with Crippen LogP contribution < -0.4 is 4.90 Å². The Bertz CT molecular complexity index is 523. The van der Waals surface area contributed by atoms with E-state index in [0.717, 1.165) is 24.2 Å². The summed E-state index contributed by atoms with van der Waals surface area (Å²) in [5.41, 5.74) is 3.14. The molecule has 19 heavy (non-hydrogen) atoms. The van der Waals surface area contributed by atoms with E-state index in [1.165, 1.54) is 11.6 Å². The largest absolute Gasteiger partial charge is 0.348 e. The summed E-state index contributed by atoms with van der Waals surface area (Å²) in [4.78, 5) is 14.2. The molecule has 0 saturated heterocycles. The Morgan fingerprint density at radius 2 is 1.95 bits per heavy atom. The zero-order valence-electron chi connectivity index (χ0n) is 11.9. The van der Waals surface area contributed by atoms with E-state index in [1.54, 1.807) is 0 Å². The molecular weight excluding hydrogens is 234 g/mol. The molecule has 1 aromatic rings. The van der Waals surface area contributed by atoms with Crippen molar-refractivity contribution >= 4 is 11.5 Å². The highest BCUT2D eigenvalue weighted by molar-refractivity contribution is 6.05. The van der Waals surface area contributed by atoms with Crippen LogP contribution >= 0.6 is 0 Å². The van der Waals surface area contributed by atoms with Crippen molar-refractivity contribution in [1.82, 2.24) is 0 Å². The van der Waals surface area contributed by atoms with Crippen LogP contribution in [0.5, 0.6) is 0 Å². The summed E-state index contributed by atoms with van der Waals surface area (Å²) >= 11 is 0. The summed E-state index contributed by atoms with van der Waals surface area (Å²) in [6.07, 6.45) is 4.36. The lowest BCUT2D eigenvalue weighted by atomic mass is 9.77. The Hall–Kier alpha value is -1.83. The van der Waals surface area contributed by atoms with E-state index in [0.29, 0.717) is 0 Å². The van der Waals surface area contributed by atoms with Crippen molar-refractivity contribution in [3.8, 4) is 0 Å². The third-order valence-corrected chi connectivity index (χ3v) is 3.81. The number of hydrogen-bond acceptors (Lipinski definition) is 2. The molecule has 0 amide bonds. The van der Waals surface area contributed by atoms with Gasteiger partial charge in [-0.05, 0) is 37.0 Å². The second-order valence-corrected chi connectivity index (χ2v) is 5.77. The highest BCUT2D eigenvalue weighted by Crippen LogP contribution is 2.36. The fourth-order valence-corrected chi connectivity index (χ4v) is 2.38. The summed E-state index contributed by atoms with van der Waals surface area (Å²) in [7, 11) is 0. The summed E-state index contributed by atoms with van der Waals surface area (Å²) < 4.78 is 0. The van der Waals surface area contributed by atoms with Crippen LogP contribution in [0, 0.1) is 12.3 Å². The lowest BCUT2D eigenvalue weighted by Crippen LogP contribution is -2.34. The number of benzene rings is 1. The number of carbonyl (C=O) groups excluding carboxylic acids is 1. The summed E-state index contributed by atoms with van der Waals surface area (Å²) in [6, 6.07) is 8.39. The molecule has 0 spiro atoms. The fraction of sp³-hybridized carbons (Fsp3) is 0.353. The van der Waals surface area contributed by atoms with Crippen molar-refractivity contribution in [3.63, 3.8) is 0 Å². The standard InChI is InChI=1S/C17H21NO/c1-5-16(19)15-12-18(11-10-17(15,3)4)14-8-6-13(2)7-9-14/h5-9,12H,1,10-11H2,2-4H3. The molecule has 1 heterocycles. The first kappa shape index (κ1) is 13.6. The number of hydrogen-bond donors (Lipinski definition) is 0. The maximum Gasteiger partial charge on any atom is 0.183 e. The number of rotatable bonds is 3. The molecule has 0 aromatic heterocycles. The van der Waals surface area contributed by atoms with Crippen LogP contribution in [0.25, 0.3) is 0 Å². The van der Waals surface area contributed by atoms with Crippen LogP contribution in [0.15, 0.2) is 48.7 Å². The number of ketones is 1. The first-order valence-electron chi connectivity index (χ1n) is 6.66. The second kappa shape index (κ2) is 5.04. The molecular formula is C17H21NO. The van der Waals surface area contributed by atoms with Crippen molar-refractivity contribution in [2.45, 2.75) is 27.2 Å². The Morgan fingerprint density at radius 1 is 1.32 bits per heavy atom. The van der Waals surface area contributed by atoms with Gasteiger partial charge in [0.25, 0.3) is 0 Å². The molecule has 0 radical (unpaired) electrons. The van der Waals surface area contributed by atoms with Gasteiger partial charge in [0.05, 0.1) is 0 Å². The molecule has 1 aliphatic rings. The first-order valence-corrected chi connectivity index (χ1v) is 6.66. The van der Waals surface area contributed by atoms with Gasteiger partial charge in [0.15, 0.2) is 5.78 Å². The molecule has 0 bridgehead atoms. The topological polar surface area (TPSA) is 20.3 Å². The third-order valence-electron chi connectivity index (χ3n) is 3.81. The van der Waals surface area contributed by atoms with Gasteiger partial charge in [0, 0.05) is 24.0 Å². The quantitative estimate of drug-likeness (QED) is 0.764. The van der Waals surface area contributed by atoms with Gasteiger partial charge in [-0.2, -0.15) is 0 Å². The van der Waals surface area contributed by atoms with E-state index in [-0.39, 0.29) is 11.2 Å². The van der Waals surface area contributed by atoms with Crippen LogP contribution in [0.1, 0.15) is 25.8 Å². The predicted molar refractivity (Wildman–Crippen MR) is 80.2 cm³/mol. The lowest BCUT2D eigenvalue weighted by molar-refractivity contribution is -0.112. The van der Waals surface area contributed by atoms with Gasteiger partial charge >= 0.3 is 0 Å². The van der Waals surface area contributed by atoms with Crippen LogP contribution in [0.3, 0.4) is 0 Å². The fourth-order valence-electron chi connectivity index (χ4n) is 2.38. The number of anilines is 1. The Morgan fingerprint density at radius 3 is 2.53 bits per heavy atom. The molecule has 0 aliphatic carbocycles. The van der Waals surface area contributed by atoms with Gasteiger partial charge in [-0.25, -0.2) is 0 Å². The first-order chi connectivity index (χ1) is 8.94. The van der Waals surface area contributed by atoms with E-state index in [1.807, 2.05) is 6.20 Å². The maximum absolute atomic E-state index is 12.0. The smallest absolute Gasteiger partial charge is 0.183 e. The zero-order chi connectivity index (χ0) is 14.0. The van der Waals surface area contributed by atoms with Crippen LogP contribution in [0.4, 0.5) is 5.69 Å². The summed E-state index contributed by atoms with van der Waals surface area (Å²) in [6.45, 7) is 10.8. The van der Waals surface area contributed by atoms with E-state index >= 15 is 0 Å². The minimum Gasteiger partial charge on any atom is -0.348 e. The number of carbonyl (C=O) groups is 1. The molecule has 2 heteroatoms. The van der Waals surface area contributed by atoms with E-state index in [4.69, 9.17) is 0 Å². The molecule has 0 fully saturated rings. The Labute approximate surface area is 115 Å². The van der Waals surface area contributed by atoms with Crippen LogP contribution in [0.2, 0.25) is 0 Å². The van der Waals surface area contributed by atoms with Crippen molar-refractivity contribution < 1.29 is 4.79 Å². The van der Waals surface area contributed by atoms with Crippen LogP contribution in [-0.4, -0.2) is 12.3 Å². The number of allylic oxidation sites excluding steroid dienone is 2. The van der Waals surface area contributed by atoms with Gasteiger partial charge in [-0.3, -0.25) is 4.79 Å². The Kier molecular flexibility index (Phi) is 3.61. The molecule has 0 N–H and O–H groups in total.